The van der Waals surface area contributed by atoms with Gasteiger partial charge in [0.1, 0.15) is 0 Å². The van der Waals surface area contributed by atoms with Gasteiger partial charge in [-0.25, -0.2) is 8.42 Å². The molecule has 17 heavy (non-hydrogen) atoms. The van der Waals surface area contributed by atoms with E-state index >= 15 is 0 Å². The second-order valence-corrected chi connectivity index (χ2v) is 7.55. The molecule has 0 radical (unpaired) electrons. The first-order valence-electron chi connectivity index (χ1n) is 6.17. The van der Waals surface area contributed by atoms with Crippen molar-refractivity contribution in [3.63, 3.8) is 0 Å². The Morgan fingerprint density at radius 2 is 2.00 bits per heavy atom. The smallest absolute Gasteiger partial charge is 0.152 e. The van der Waals surface area contributed by atoms with Crippen LogP contribution in [0.15, 0.2) is 0 Å². The van der Waals surface area contributed by atoms with E-state index < -0.39 is 9.84 Å². The molecule has 0 bridgehead atoms. The molecule has 2 fully saturated rings. The Kier molecular flexibility index (Phi) is 4.07. The van der Waals surface area contributed by atoms with Crippen molar-refractivity contribution in [2.24, 2.45) is 5.41 Å². The fourth-order valence-electron chi connectivity index (χ4n) is 2.59. The van der Waals surface area contributed by atoms with Crippen molar-refractivity contribution in [3.8, 4) is 0 Å². The molecular weight excluding hydrogens is 242 g/mol. The van der Waals surface area contributed by atoms with Gasteiger partial charge in [-0.05, 0) is 12.8 Å². The summed E-state index contributed by atoms with van der Waals surface area (Å²) in [7, 11) is -2.82. The summed E-state index contributed by atoms with van der Waals surface area (Å²) in [5, 5.41) is 9.55. The molecular formula is C11H21NO4S. The van der Waals surface area contributed by atoms with E-state index in [1.165, 1.54) is 0 Å². The fraction of sp³-hybridized carbons (Fsp3) is 1.00. The van der Waals surface area contributed by atoms with E-state index in [0.717, 1.165) is 26.0 Å². The highest BCUT2D eigenvalue weighted by molar-refractivity contribution is 7.91. The molecule has 0 amide bonds. The molecule has 2 aliphatic rings. The van der Waals surface area contributed by atoms with Gasteiger partial charge in [-0.15, -0.1) is 0 Å². The highest BCUT2D eigenvalue weighted by atomic mass is 32.2. The monoisotopic (exact) mass is 263 g/mol. The van der Waals surface area contributed by atoms with Gasteiger partial charge in [0.25, 0.3) is 0 Å². The number of sulfone groups is 1. The normalized spacial score (nSPS) is 34.6. The second-order valence-electron chi connectivity index (χ2n) is 5.24. The van der Waals surface area contributed by atoms with Crippen LogP contribution in [-0.4, -0.2) is 69.4 Å². The molecule has 0 aromatic rings. The first-order chi connectivity index (χ1) is 8.05. The summed E-state index contributed by atoms with van der Waals surface area (Å²) in [6.45, 7) is 3.41. The van der Waals surface area contributed by atoms with Crippen LogP contribution in [0, 0.1) is 5.41 Å². The van der Waals surface area contributed by atoms with Crippen LogP contribution in [-0.2, 0) is 14.6 Å². The van der Waals surface area contributed by atoms with Gasteiger partial charge in [-0.3, -0.25) is 0 Å². The van der Waals surface area contributed by atoms with E-state index in [2.05, 4.69) is 4.90 Å². The van der Waals surface area contributed by atoms with Gasteiger partial charge < -0.3 is 14.7 Å². The number of aliphatic hydroxyl groups excluding tert-OH is 1. The van der Waals surface area contributed by atoms with Crippen molar-refractivity contribution in [2.75, 3.05) is 51.0 Å². The van der Waals surface area contributed by atoms with Gasteiger partial charge >= 0.3 is 0 Å². The second kappa shape index (κ2) is 5.22. The third kappa shape index (κ3) is 3.40. The molecule has 100 valence electrons. The lowest BCUT2D eigenvalue weighted by Crippen LogP contribution is -2.50. The average molecular weight is 263 g/mol. The van der Waals surface area contributed by atoms with E-state index in [1.807, 2.05) is 0 Å². The molecule has 0 aromatic heterocycles. The van der Waals surface area contributed by atoms with E-state index in [0.29, 0.717) is 19.7 Å². The highest BCUT2D eigenvalue weighted by Gasteiger charge is 2.35. The van der Waals surface area contributed by atoms with Crippen LogP contribution in [0.5, 0.6) is 0 Å². The molecule has 0 spiro atoms. The van der Waals surface area contributed by atoms with Crippen LogP contribution < -0.4 is 0 Å². The molecule has 1 atom stereocenters. The molecule has 2 rings (SSSR count). The predicted octanol–water partition coefficient (Wildman–Crippen LogP) is -0.494. The molecule has 6 heteroatoms. The van der Waals surface area contributed by atoms with Crippen LogP contribution in [0.3, 0.4) is 0 Å². The van der Waals surface area contributed by atoms with Gasteiger partial charge in [0.15, 0.2) is 9.84 Å². The van der Waals surface area contributed by atoms with Crippen molar-refractivity contribution in [2.45, 2.75) is 12.8 Å². The van der Waals surface area contributed by atoms with E-state index in [9.17, 15) is 13.5 Å². The van der Waals surface area contributed by atoms with E-state index in [-0.39, 0.29) is 23.5 Å². The first kappa shape index (κ1) is 13.3. The number of nitrogens with zero attached hydrogens (tertiary/aromatic N) is 1. The van der Waals surface area contributed by atoms with Crippen LogP contribution in [0.25, 0.3) is 0 Å². The van der Waals surface area contributed by atoms with Crippen molar-refractivity contribution in [1.29, 1.82) is 0 Å². The maximum absolute atomic E-state index is 11.3. The van der Waals surface area contributed by atoms with Gasteiger partial charge in [-0.1, -0.05) is 0 Å². The number of hydrogen-bond donors (Lipinski definition) is 1. The first-order valence-corrected chi connectivity index (χ1v) is 7.99. The van der Waals surface area contributed by atoms with Crippen molar-refractivity contribution >= 4 is 9.84 Å². The lowest BCUT2D eigenvalue weighted by molar-refractivity contribution is -0.0542. The van der Waals surface area contributed by atoms with Gasteiger partial charge in [0.05, 0.1) is 24.7 Å². The molecule has 0 aromatic carbocycles. The van der Waals surface area contributed by atoms with Gasteiger partial charge in [0.2, 0.25) is 0 Å². The minimum atomic E-state index is -2.82. The summed E-state index contributed by atoms with van der Waals surface area (Å²) >= 11 is 0. The summed E-state index contributed by atoms with van der Waals surface area (Å²) < 4.78 is 28.1. The van der Waals surface area contributed by atoms with E-state index in [4.69, 9.17) is 4.74 Å². The number of ether oxygens (including phenoxy) is 1. The summed E-state index contributed by atoms with van der Waals surface area (Å²) in [5.41, 5.74) is -0.181. The maximum Gasteiger partial charge on any atom is 0.152 e. The summed E-state index contributed by atoms with van der Waals surface area (Å²) in [6, 6.07) is 0. The van der Waals surface area contributed by atoms with E-state index in [1.54, 1.807) is 0 Å². The van der Waals surface area contributed by atoms with Crippen molar-refractivity contribution < 1.29 is 18.3 Å². The molecule has 1 N–H and O–H groups in total. The quantitative estimate of drug-likeness (QED) is 0.744. The topological polar surface area (TPSA) is 66.8 Å². The highest BCUT2D eigenvalue weighted by Crippen LogP contribution is 2.29. The number of rotatable bonds is 3. The Labute approximate surface area is 103 Å². The summed E-state index contributed by atoms with van der Waals surface area (Å²) in [4.78, 5) is 2.14. The molecule has 2 aliphatic heterocycles. The molecule has 1 unspecified atom stereocenters. The number of aliphatic hydroxyl groups is 1. The van der Waals surface area contributed by atoms with Gasteiger partial charge in [0, 0.05) is 31.7 Å². The molecule has 5 nitrogen and oxygen atoms in total. The Hall–Kier alpha value is -0.170. The van der Waals surface area contributed by atoms with Crippen molar-refractivity contribution in [1.82, 2.24) is 4.90 Å². The van der Waals surface area contributed by atoms with Crippen LogP contribution in [0.4, 0.5) is 0 Å². The molecule has 0 saturated carbocycles. The zero-order chi connectivity index (χ0) is 12.4. The van der Waals surface area contributed by atoms with Crippen LogP contribution >= 0.6 is 0 Å². The fourth-order valence-corrected chi connectivity index (χ4v) is 3.87. The number of hydrogen-bond acceptors (Lipinski definition) is 5. The molecule has 2 saturated heterocycles. The zero-order valence-corrected chi connectivity index (χ0v) is 10.9. The Morgan fingerprint density at radius 1 is 1.29 bits per heavy atom. The lowest BCUT2D eigenvalue weighted by Gasteiger charge is -2.40. The summed E-state index contributed by atoms with van der Waals surface area (Å²) in [5.74, 6) is 0.491. The minimum absolute atomic E-state index is 0.121. The summed E-state index contributed by atoms with van der Waals surface area (Å²) in [6.07, 6.45) is 1.94. The minimum Gasteiger partial charge on any atom is -0.396 e. The third-order valence-corrected chi connectivity index (χ3v) is 5.34. The Balaban J connectivity index is 1.91. The maximum atomic E-state index is 11.3. The Bertz CT molecular complexity index is 334. The zero-order valence-electron chi connectivity index (χ0n) is 10.1. The van der Waals surface area contributed by atoms with Gasteiger partial charge in [-0.2, -0.15) is 0 Å². The largest absolute Gasteiger partial charge is 0.396 e. The SMILES string of the molecule is O=S1(=O)CCN(CC2(CO)CCCOC2)CC1. The standard InChI is InChI=1S/C11H21NO4S/c13-9-11(2-1-5-16-10-11)8-12-3-6-17(14,15)7-4-12/h13H,1-10H2. The molecule has 2 heterocycles. The third-order valence-electron chi connectivity index (χ3n) is 3.74. The van der Waals surface area contributed by atoms with Crippen molar-refractivity contribution in [3.05, 3.63) is 0 Å². The lowest BCUT2D eigenvalue weighted by atomic mass is 9.83. The Morgan fingerprint density at radius 3 is 2.53 bits per heavy atom. The van der Waals surface area contributed by atoms with Crippen LogP contribution in [0.1, 0.15) is 12.8 Å². The van der Waals surface area contributed by atoms with Crippen LogP contribution in [0.2, 0.25) is 0 Å². The molecule has 0 aliphatic carbocycles. The predicted molar refractivity (Wildman–Crippen MR) is 64.7 cm³/mol. The average Bonchev–Trinajstić information content (AvgIpc) is 2.33.